The zero-order valence-corrected chi connectivity index (χ0v) is 7.96. The fourth-order valence-corrected chi connectivity index (χ4v) is 1.26. The van der Waals surface area contributed by atoms with Crippen molar-refractivity contribution in [2.45, 2.75) is 32.6 Å². The van der Waals surface area contributed by atoms with Crippen LogP contribution in [0.4, 0.5) is 8.78 Å². The molecule has 0 aromatic rings. The van der Waals surface area contributed by atoms with Crippen LogP contribution in [0.15, 0.2) is 0 Å². The summed E-state index contributed by atoms with van der Waals surface area (Å²) in [5, 5.41) is 2.19. The van der Waals surface area contributed by atoms with Gasteiger partial charge in [-0.25, -0.2) is 0 Å². The van der Waals surface area contributed by atoms with Crippen LogP contribution in [0.1, 0.15) is 6.92 Å². The third kappa shape index (κ3) is 8.04. The smallest absolute Gasteiger partial charge is 0.261 e. The van der Waals surface area contributed by atoms with Gasteiger partial charge in [-0.3, -0.25) is 5.32 Å². The van der Waals surface area contributed by atoms with Gasteiger partial charge in [-0.1, -0.05) is 19.6 Å². The predicted molar refractivity (Wildman–Crippen MR) is 42.0 cm³/mol. The van der Waals surface area contributed by atoms with Crippen LogP contribution in [-0.2, 0) is 0 Å². The molecule has 4 heteroatoms. The van der Waals surface area contributed by atoms with Gasteiger partial charge in [-0.2, -0.15) is 8.78 Å². The second kappa shape index (κ2) is 2.96. The molecule has 0 radical (unpaired) electrons. The SMILES string of the molecule is CC(F)(F)NC[Si](C)(C)C. The highest BCUT2D eigenvalue weighted by Gasteiger charge is 2.23. The van der Waals surface area contributed by atoms with Crippen LogP contribution in [0.5, 0.6) is 0 Å². The summed E-state index contributed by atoms with van der Waals surface area (Å²) in [4.78, 5) is 0. The second-order valence-corrected chi connectivity index (χ2v) is 9.28. The van der Waals surface area contributed by atoms with E-state index in [1.165, 1.54) is 0 Å². The molecule has 0 aromatic carbocycles. The van der Waals surface area contributed by atoms with Gasteiger partial charge < -0.3 is 0 Å². The molecule has 1 nitrogen and oxygen atoms in total. The largest absolute Gasteiger partial charge is 0.299 e. The minimum absolute atomic E-state index is 0.469. The van der Waals surface area contributed by atoms with Crippen molar-refractivity contribution < 1.29 is 8.78 Å². The lowest BCUT2D eigenvalue weighted by Crippen LogP contribution is -2.44. The molecule has 0 aliphatic rings. The summed E-state index contributed by atoms with van der Waals surface area (Å²) < 4.78 is 24.3. The van der Waals surface area contributed by atoms with Gasteiger partial charge in [-0.05, 0) is 6.17 Å². The van der Waals surface area contributed by atoms with E-state index in [4.69, 9.17) is 0 Å². The van der Waals surface area contributed by atoms with E-state index in [2.05, 4.69) is 5.32 Å². The Kier molecular flexibility index (Phi) is 2.97. The number of alkyl halides is 2. The lowest BCUT2D eigenvalue weighted by molar-refractivity contribution is -0.00980. The quantitative estimate of drug-likeness (QED) is 0.501. The van der Waals surface area contributed by atoms with Crippen LogP contribution in [0, 0.1) is 0 Å². The predicted octanol–water partition coefficient (Wildman–Crippen LogP) is 2.07. The molecular formula is C6H15F2NSi. The molecule has 1 N–H and O–H groups in total. The van der Waals surface area contributed by atoms with Gasteiger partial charge in [0, 0.05) is 6.92 Å². The highest BCUT2D eigenvalue weighted by Crippen LogP contribution is 2.07. The Morgan fingerprint density at radius 3 is 1.80 bits per heavy atom. The lowest BCUT2D eigenvalue weighted by atomic mass is 10.7. The van der Waals surface area contributed by atoms with Gasteiger partial charge in [0.15, 0.2) is 0 Å². The first-order valence-electron chi connectivity index (χ1n) is 3.34. The van der Waals surface area contributed by atoms with Gasteiger partial charge in [0.2, 0.25) is 0 Å². The molecule has 0 spiro atoms. The van der Waals surface area contributed by atoms with E-state index < -0.39 is 14.1 Å². The van der Waals surface area contributed by atoms with Crippen molar-refractivity contribution in [3.63, 3.8) is 0 Å². The summed E-state index contributed by atoms with van der Waals surface area (Å²) in [6.07, 6.45) is 0.469. The van der Waals surface area contributed by atoms with E-state index in [0.29, 0.717) is 6.17 Å². The van der Waals surface area contributed by atoms with Gasteiger partial charge in [-0.15, -0.1) is 0 Å². The lowest BCUT2D eigenvalue weighted by Gasteiger charge is -2.20. The molecule has 0 amide bonds. The van der Waals surface area contributed by atoms with E-state index in [1.807, 2.05) is 19.6 Å². The summed E-state index contributed by atoms with van der Waals surface area (Å²) in [5.74, 6) is 0. The summed E-state index contributed by atoms with van der Waals surface area (Å²) in [5.41, 5.74) is 0. The Morgan fingerprint density at radius 1 is 1.30 bits per heavy atom. The minimum Gasteiger partial charge on any atom is -0.261 e. The topological polar surface area (TPSA) is 12.0 Å². The van der Waals surface area contributed by atoms with Gasteiger partial charge >= 0.3 is 0 Å². The monoisotopic (exact) mass is 167 g/mol. The maximum atomic E-state index is 12.2. The second-order valence-electron chi connectivity index (χ2n) is 3.80. The van der Waals surface area contributed by atoms with Crippen LogP contribution in [0.2, 0.25) is 19.6 Å². The third-order valence-corrected chi connectivity index (χ3v) is 2.17. The van der Waals surface area contributed by atoms with Crippen LogP contribution >= 0.6 is 0 Å². The third-order valence-electron chi connectivity index (χ3n) is 0.929. The number of halogens is 2. The first-order chi connectivity index (χ1) is 4.21. The zero-order chi connectivity index (χ0) is 8.41. The zero-order valence-electron chi connectivity index (χ0n) is 6.96. The molecule has 0 atom stereocenters. The van der Waals surface area contributed by atoms with E-state index in [0.717, 1.165) is 6.92 Å². The number of rotatable bonds is 3. The van der Waals surface area contributed by atoms with Crippen molar-refractivity contribution in [1.82, 2.24) is 5.32 Å². The average Bonchev–Trinajstić information content (AvgIpc) is 1.57. The Morgan fingerprint density at radius 2 is 1.70 bits per heavy atom. The fraction of sp³-hybridized carbons (Fsp3) is 1.00. The summed E-state index contributed by atoms with van der Waals surface area (Å²) in [6.45, 7) is 7.02. The molecule has 0 saturated heterocycles. The van der Waals surface area contributed by atoms with Gasteiger partial charge in [0.05, 0.1) is 8.07 Å². The van der Waals surface area contributed by atoms with Crippen molar-refractivity contribution >= 4 is 8.07 Å². The van der Waals surface area contributed by atoms with Crippen molar-refractivity contribution in [2.75, 3.05) is 6.17 Å². The fourth-order valence-electron chi connectivity index (χ4n) is 0.420. The van der Waals surface area contributed by atoms with Crippen LogP contribution in [0.25, 0.3) is 0 Å². The van der Waals surface area contributed by atoms with Crippen LogP contribution in [0.3, 0.4) is 0 Å². The average molecular weight is 167 g/mol. The summed E-state index contributed by atoms with van der Waals surface area (Å²) in [6, 6.07) is -2.71. The molecule has 0 heterocycles. The highest BCUT2D eigenvalue weighted by molar-refractivity contribution is 6.76. The molecule has 0 aliphatic carbocycles. The number of hydrogen-bond acceptors (Lipinski definition) is 1. The maximum Gasteiger partial charge on any atom is 0.299 e. The van der Waals surface area contributed by atoms with Crippen molar-refractivity contribution in [2.24, 2.45) is 0 Å². The standard InChI is InChI=1S/C6H15F2NSi/c1-6(7,8)9-5-10(2,3)4/h9H,5H2,1-4H3. The van der Waals surface area contributed by atoms with Crippen molar-refractivity contribution in [1.29, 1.82) is 0 Å². The molecule has 0 saturated carbocycles. The highest BCUT2D eigenvalue weighted by atomic mass is 28.3. The molecule has 0 fully saturated rings. The molecule has 0 rings (SSSR count). The normalized spacial score (nSPS) is 13.8. The number of hydrogen-bond donors (Lipinski definition) is 1. The van der Waals surface area contributed by atoms with E-state index >= 15 is 0 Å². The Bertz CT molecular complexity index is 89.3. The molecule has 0 bridgehead atoms. The first kappa shape index (κ1) is 10.0. The van der Waals surface area contributed by atoms with Crippen molar-refractivity contribution in [3.8, 4) is 0 Å². The first-order valence-corrected chi connectivity index (χ1v) is 7.04. The Hall–Kier alpha value is 0.0369. The summed E-state index contributed by atoms with van der Waals surface area (Å²) >= 11 is 0. The Balaban J connectivity index is 3.56. The molecule has 0 aliphatic heterocycles. The van der Waals surface area contributed by atoms with E-state index in [1.54, 1.807) is 0 Å². The number of nitrogens with one attached hydrogen (secondary N) is 1. The van der Waals surface area contributed by atoms with E-state index in [-0.39, 0.29) is 0 Å². The van der Waals surface area contributed by atoms with Crippen LogP contribution in [-0.4, -0.2) is 20.3 Å². The molecule has 62 valence electrons. The molecule has 0 unspecified atom stereocenters. The van der Waals surface area contributed by atoms with Crippen molar-refractivity contribution in [3.05, 3.63) is 0 Å². The Labute approximate surface area is 61.8 Å². The van der Waals surface area contributed by atoms with E-state index in [9.17, 15) is 8.78 Å². The maximum absolute atomic E-state index is 12.2. The molecular weight excluding hydrogens is 152 g/mol. The van der Waals surface area contributed by atoms with Gasteiger partial charge in [0.1, 0.15) is 0 Å². The summed E-state index contributed by atoms with van der Waals surface area (Å²) in [7, 11) is -1.36. The molecule has 0 aromatic heterocycles. The minimum atomic E-state index is -2.71. The molecule has 10 heavy (non-hydrogen) atoms. The van der Waals surface area contributed by atoms with Crippen LogP contribution < -0.4 is 5.32 Å². The van der Waals surface area contributed by atoms with Gasteiger partial charge in [0.25, 0.3) is 6.05 Å².